The Morgan fingerprint density at radius 3 is 1.62 bits per heavy atom. The van der Waals surface area contributed by atoms with Crippen LogP contribution in [0.5, 0.6) is 0 Å². The van der Waals surface area contributed by atoms with Gasteiger partial charge < -0.3 is 18.0 Å². The van der Waals surface area contributed by atoms with Crippen LogP contribution in [-0.2, 0) is 18.0 Å². The third kappa shape index (κ3) is 13.5. The molecule has 0 heterocycles. The second-order valence-electron chi connectivity index (χ2n) is 9.66. The average Bonchev–Trinajstić information content (AvgIpc) is 2.95. The van der Waals surface area contributed by atoms with Gasteiger partial charge >= 0.3 is 8.80 Å². The Hall–Kier alpha value is -1.07. The van der Waals surface area contributed by atoms with Gasteiger partial charge in [0.15, 0.2) is 0 Å². The van der Waals surface area contributed by atoms with Gasteiger partial charge in [-0.3, -0.25) is 0 Å². The van der Waals surface area contributed by atoms with Gasteiger partial charge in [-0.25, -0.2) is 0 Å². The van der Waals surface area contributed by atoms with Crippen molar-refractivity contribution in [2.75, 3.05) is 40.2 Å². The monoisotopic (exact) mass is 546 g/mol. The summed E-state index contributed by atoms with van der Waals surface area (Å²) in [7, 11) is 0.339. The molecular formula is C31H51O4PSi. The van der Waals surface area contributed by atoms with Crippen LogP contribution in [0.25, 0.3) is 0 Å². The van der Waals surface area contributed by atoms with Gasteiger partial charge in [0.25, 0.3) is 0 Å². The van der Waals surface area contributed by atoms with E-state index in [2.05, 4.69) is 67.6 Å². The molecule has 2 aromatic rings. The van der Waals surface area contributed by atoms with Crippen LogP contribution in [-0.4, -0.2) is 49.0 Å². The minimum Gasteiger partial charge on any atom is -0.379 e. The van der Waals surface area contributed by atoms with Crippen molar-refractivity contribution in [2.45, 2.75) is 83.6 Å². The van der Waals surface area contributed by atoms with Gasteiger partial charge in [-0.2, -0.15) is 0 Å². The van der Waals surface area contributed by atoms with Crippen molar-refractivity contribution in [3.8, 4) is 0 Å². The quantitative estimate of drug-likeness (QED) is 0.0813. The molecule has 208 valence electrons. The lowest BCUT2D eigenvalue weighted by atomic mass is 10.1. The average molecular weight is 547 g/mol. The third-order valence-electron chi connectivity index (χ3n) is 6.81. The van der Waals surface area contributed by atoms with E-state index in [0.717, 1.165) is 31.7 Å². The second-order valence-corrected chi connectivity index (χ2v) is 15.0. The van der Waals surface area contributed by atoms with Crippen molar-refractivity contribution < 1.29 is 18.0 Å². The molecular weight excluding hydrogens is 495 g/mol. The highest BCUT2D eigenvalue weighted by molar-refractivity contribution is 7.73. The van der Waals surface area contributed by atoms with Crippen molar-refractivity contribution in [3.05, 3.63) is 60.7 Å². The van der Waals surface area contributed by atoms with Crippen molar-refractivity contribution in [1.29, 1.82) is 0 Å². The zero-order valence-electron chi connectivity index (χ0n) is 23.7. The van der Waals surface area contributed by atoms with Crippen molar-refractivity contribution >= 4 is 27.3 Å². The molecule has 0 aliphatic rings. The summed E-state index contributed by atoms with van der Waals surface area (Å²) in [4.78, 5) is 0. The lowest BCUT2D eigenvalue weighted by Crippen LogP contribution is -2.44. The Balaban J connectivity index is 1.63. The summed E-state index contributed by atoms with van der Waals surface area (Å²) in [6.07, 6.45) is 15.5. The molecule has 0 atom stereocenters. The molecule has 0 saturated carbocycles. The highest BCUT2D eigenvalue weighted by Crippen LogP contribution is 2.35. The van der Waals surface area contributed by atoms with Crippen molar-refractivity contribution in [2.24, 2.45) is 0 Å². The molecule has 0 N–H and O–H groups in total. The van der Waals surface area contributed by atoms with Gasteiger partial charge in [0.1, 0.15) is 0 Å². The molecule has 0 aliphatic carbocycles. The smallest absolute Gasteiger partial charge is 0.379 e. The summed E-state index contributed by atoms with van der Waals surface area (Å²) in [6.45, 7) is 4.21. The van der Waals surface area contributed by atoms with Gasteiger partial charge in [-0.15, -0.1) is 0 Å². The van der Waals surface area contributed by atoms with Crippen molar-refractivity contribution in [3.63, 3.8) is 0 Å². The lowest BCUT2D eigenvalue weighted by molar-refractivity contribution is 0.0486. The number of benzene rings is 2. The summed E-state index contributed by atoms with van der Waals surface area (Å²) < 4.78 is 23.7. The van der Waals surface area contributed by atoms with Gasteiger partial charge in [-0.05, 0) is 37.5 Å². The predicted octanol–water partition coefficient (Wildman–Crippen LogP) is 7.70. The molecule has 0 radical (unpaired) electrons. The van der Waals surface area contributed by atoms with Crippen LogP contribution in [0.2, 0.25) is 6.04 Å². The molecule has 0 unspecified atom stereocenters. The maximum Gasteiger partial charge on any atom is 0.500 e. The Morgan fingerprint density at radius 2 is 1.11 bits per heavy atom. The molecule has 0 fully saturated rings. The second kappa shape index (κ2) is 20.8. The highest BCUT2D eigenvalue weighted by Gasteiger charge is 2.38. The van der Waals surface area contributed by atoms with Gasteiger partial charge in [0, 0.05) is 26.9 Å². The fourth-order valence-corrected chi connectivity index (χ4v) is 9.21. The van der Waals surface area contributed by atoms with Crippen LogP contribution in [0.4, 0.5) is 0 Å². The van der Waals surface area contributed by atoms with Crippen LogP contribution >= 0.6 is 7.92 Å². The van der Waals surface area contributed by atoms with Gasteiger partial charge in [0.05, 0.1) is 13.2 Å². The highest BCUT2D eigenvalue weighted by atomic mass is 31.1. The normalized spacial score (nSPS) is 11.9. The summed E-state index contributed by atoms with van der Waals surface area (Å²) in [5, 5.41) is 2.82. The molecule has 0 saturated heterocycles. The van der Waals surface area contributed by atoms with Crippen LogP contribution < -0.4 is 10.6 Å². The Kier molecular flexibility index (Phi) is 18.1. The number of unbranched alkanes of at least 4 members (excludes halogenated alkanes) is 9. The predicted molar refractivity (Wildman–Crippen MR) is 162 cm³/mol. The van der Waals surface area contributed by atoms with E-state index in [9.17, 15) is 0 Å². The summed E-state index contributed by atoms with van der Waals surface area (Å²) in [5.74, 6) is 0. The zero-order valence-corrected chi connectivity index (χ0v) is 25.6. The minimum absolute atomic E-state index is 0.416. The molecule has 0 spiro atoms. The summed E-state index contributed by atoms with van der Waals surface area (Å²) in [5.41, 5.74) is 0. The molecule has 37 heavy (non-hydrogen) atoms. The fourth-order valence-electron chi connectivity index (χ4n) is 4.60. The molecule has 0 amide bonds. The molecule has 4 nitrogen and oxygen atoms in total. The van der Waals surface area contributed by atoms with E-state index in [1.165, 1.54) is 68.4 Å². The maximum atomic E-state index is 6.20. The number of hydrogen-bond acceptors (Lipinski definition) is 4. The summed E-state index contributed by atoms with van der Waals surface area (Å²) in [6, 6.07) is 22.5. The molecule has 2 aromatic carbocycles. The largest absolute Gasteiger partial charge is 0.500 e. The van der Waals surface area contributed by atoms with Gasteiger partial charge in [0.2, 0.25) is 0 Å². The van der Waals surface area contributed by atoms with Crippen molar-refractivity contribution in [1.82, 2.24) is 0 Å². The molecule has 0 bridgehead atoms. The topological polar surface area (TPSA) is 36.9 Å². The van der Waals surface area contributed by atoms with E-state index in [1.807, 2.05) is 0 Å². The van der Waals surface area contributed by atoms with E-state index in [-0.39, 0.29) is 0 Å². The molecule has 0 aromatic heterocycles. The minimum atomic E-state index is -2.68. The van der Waals surface area contributed by atoms with Crippen LogP contribution in [0, 0.1) is 0 Å². The van der Waals surface area contributed by atoms with E-state index in [4.69, 9.17) is 18.0 Å². The van der Waals surface area contributed by atoms with Crippen LogP contribution in [0.15, 0.2) is 60.7 Å². The molecule has 0 aliphatic heterocycles. The Labute approximate surface area is 229 Å². The van der Waals surface area contributed by atoms with Crippen LogP contribution in [0.1, 0.15) is 77.6 Å². The maximum absolute atomic E-state index is 6.20. The molecule has 2 rings (SSSR count). The number of rotatable bonds is 23. The first-order valence-electron chi connectivity index (χ1n) is 14.4. The number of hydrogen-bond donors (Lipinski definition) is 0. The van der Waals surface area contributed by atoms with E-state index in [1.54, 1.807) is 14.2 Å². The van der Waals surface area contributed by atoms with E-state index < -0.39 is 16.7 Å². The van der Waals surface area contributed by atoms with E-state index >= 15 is 0 Å². The Morgan fingerprint density at radius 1 is 0.595 bits per heavy atom. The lowest BCUT2D eigenvalue weighted by Gasteiger charge is -2.27. The summed E-state index contributed by atoms with van der Waals surface area (Å²) >= 11 is 0. The fraction of sp³-hybridized carbons (Fsp3) is 0.613. The first kappa shape index (κ1) is 32.1. The van der Waals surface area contributed by atoms with E-state index in [0.29, 0.717) is 13.2 Å². The number of ether oxygens (including phenoxy) is 1. The van der Waals surface area contributed by atoms with Gasteiger partial charge in [-0.1, -0.05) is 125 Å². The third-order valence-corrected chi connectivity index (χ3v) is 12.3. The SMILES string of the molecule is CCCCCCCCCCCCOCCO[Si](CCCP(c1ccccc1)c1ccccc1)(OC)OC. The van der Waals surface area contributed by atoms with Crippen LogP contribution in [0.3, 0.4) is 0 Å². The first-order chi connectivity index (χ1) is 18.2. The Bertz CT molecular complexity index is 734. The first-order valence-corrected chi connectivity index (χ1v) is 17.9. The standard InChI is InChI=1S/C31H51O4PSi/c1-4-5-6-7-8-9-10-11-12-19-25-34-26-27-35-37(32-2,33-3)29-20-28-36(30-21-15-13-16-22-30)31-23-17-14-18-24-31/h13-18,21-24H,4-12,19-20,25-29H2,1-3H3. The zero-order chi connectivity index (χ0) is 26.4. The molecule has 6 heteroatoms.